The van der Waals surface area contributed by atoms with Crippen molar-refractivity contribution in [3.8, 4) is 0 Å². The predicted octanol–water partition coefficient (Wildman–Crippen LogP) is 16.9. The van der Waals surface area contributed by atoms with Crippen LogP contribution < -0.4 is 0 Å². The molecule has 0 aromatic carbocycles. The summed E-state index contributed by atoms with van der Waals surface area (Å²) >= 11 is 0. The Bertz CT molecular complexity index is 769. The van der Waals surface area contributed by atoms with Gasteiger partial charge in [0.25, 0.3) is 0 Å². The van der Waals surface area contributed by atoms with E-state index in [0.717, 1.165) is 32.1 Å². The first-order chi connectivity index (χ1) is 27.6. The zero-order chi connectivity index (χ0) is 40.7. The number of esters is 2. The Morgan fingerprint density at radius 2 is 0.589 bits per heavy atom. The number of ether oxygens (including phenoxy) is 3. The molecule has 0 N–H and O–H groups in total. The molecule has 0 aromatic heterocycles. The summed E-state index contributed by atoms with van der Waals surface area (Å²) in [5.74, 6) is -0.374. The van der Waals surface area contributed by atoms with Gasteiger partial charge in [-0.2, -0.15) is 0 Å². The van der Waals surface area contributed by atoms with Crippen molar-refractivity contribution in [3.63, 3.8) is 0 Å². The molecule has 56 heavy (non-hydrogen) atoms. The van der Waals surface area contributed by atoms with Gasteiger partial charge in [-0.05, 0) is 19.3 Å². The van der Waals surface area contributed by atoms with Crippen LogP contribution in [0, 0.1) is 0 Å². The quantitative estimate of drug-likeness (QED) is 0.0454. The maximum absolute atomic E-state index is 12.7. The summed E-state index contributed by atoms with van der Waals surface area (Å²) in [4.78, 5) is 25.3. The van der Waals surface area contributed by atoms with E-state index in [4.69, 9.17) is 14.2 Å². The first-order valence-electron chi connectivity index (χ1n) is 25.6. The number of carbonyl (C=O) groups is 2. The predicted molar refractivity (Wildman–Crippen MR) is 243 cm³/mol. The van der Waals surface area contributed by atoms with Crippen LogP contribution in [-0.2, 0) is 23.8 Å². The summed E-state index contributed by atoms with van der Waals surface area (Å²) < 4.78 is 17.4. The lowest BCUT2D eigenvalue weighted by molar-refractivity contribution is -0.163. The average molecular weight is 793 g/mol. The van der Waals surface area contributed by atoms with Gasteiger partial charge in [0.05, 0.1) is 6.61 Å². The molecule has 0 aromatic rings. The Kier molecular flexibility index (Phi) is 47.3. The van der Waals surface area contributed by atoms with Gasteiger partial charge in [-0.1, -0.05) is 258 Å². The maximum atomic E-state index is 12.7. The SMILES string of the molecule is CCCCCCCCCCCCCCCCCCCCCC(=O)OCC(COCCCCCCCCCCCC)OC(=O)CCCCCCCCCCCCC. The van der Waals surface area contributed by atoms with Crippen LogP contribution in [0.4, 0.5) is 0 Å². The van der Waals surface area contributed by atoms with E-state index in [1.807, 2.05) is 0 Å². The van der Waals surface area contributed by atoms with Crippen molar-refractivity contribution in [1.82, 2.24) is 0 Å². The van der Waals surface area contributed by atoms with E-state index < -0.39 is 6.10 Å². The Balaban J connectivity index is 4.08. The summed E-state index contributed by atoms with van der Waals surface area (Å²) in [6.45, 7) is 7.89. The molecule has 0 bridgehead atoms. The molecule has 0 aliphatic rings. The first-order valence-corrected chi connectivity index (χ1v) is 25.6. The summed E-state index contributed by atoms with van der Waals surface area (Å²) in [5.41, 5.74) is 0. The van der Waals surface area contributed by atoms with E-state index in [9.17, 15) is 9.59 Å². The maximum Gasteiger partial charge on any atom is 0.306 e. The molecule has 0 heterocycles. The molecule has 0 aliphatic carbocycles. The lowest BCUT2D eigenvalue weighted by atomic mass is 10.0. The first kappa shape index (κ1) is 54.9. The molecule has 0 aliphatic heterocycles. The molecule has 334 valence electrons. The van der Waals surface area contributed by atoms with Gasteiger partial charge in [0, 0.05) is 19.4 Å². The largest absolute Gasteiger partial charge is 0.462 e. The van der Waals surface area contributed by atoms with Crippen LogP contribution in [0.5, 0.6) is 0 Å². The van der Waals surface area contributed by atoms with Crippen molar-refractivity contribution in [2.24, 2.45) is 0 Å². The second-order valence-corrected chi connectivity index (χ2v) is 17.5. The molecule has 0 fully saturated rings. The van der Waals surface area contributed by atoms with Crippen LogP contribution in [-0.4, -0.2) is 37.9 Å². The number of unbranched alkanes of at least 4 members (excludes halogenated alkanes) is 37. The highest BCUT2D eigenvalue weighted by Gasteiger charge is 2.17. The van der Waals surface area contributed by atoms with Crippen LogP contribution in [0.1, 0.15) is 290 Å². The van der Waals surface area contributed by atoms with Gasteiger partial charge in [-0.3, -0.25) is 9.59 Å². The average Bonchev–Trinajstić information content (AvgIpc) is 3.20. The van der Waals surface area contributed by atoms with Crippen molar-refractivity contribution in [1.29, 1.82) is 0 Å². The molecule has 5 nitrogen and oxygen atoms in total. The molecule has 0 spiro atoms. The number of hydrogen-bond acceptors (Lipinski definition) is 5. The van der Waals surface area contributed by atoms with Gasteiger partial charge in [-0.15, -0.1) is 0 Å². The van der Waals surface area contributed by atoms with Gasteiger partial charge in [0.2, 0.25) is 0 Å². The normalized spacial score (nSPS) is 12.0. The van der Waals surface area contributed by atoms with Gasteiger partial charge in [0.1, 0.15) is 6.61 Å². The summed E-state index contributed by atoms with van der Waals surface area (Å²) in [6.07, 6.45) is 52.5. The third kappa shape index (κ3) is 45.6. The van der Waals surface area contributed by atoms with E-state index in [1.165, 1.54) is 225 Å². The second-order valence-electron chi connectivity index (χ2n) is 17.5. The van der Waals surface area contributed by atoms with Crippen LogP contribution in [0.3, 0.4) is 0 Å². The van der Waals surface area contributed by atoms with Crippen LogP contribution in [0.15, 0.2) is 0 Å². The molecule has 5 heteroatoms. The highest BCUT2D eigenvalue weighted by atomic mass is 16.6. The second kappa shape index (κ2) is 48.3. The molecule has 1 atom stereocenters. The Hall–Kier alpha value is -1.10. The zero-order valence-corrected chi connectivity index (χ0v) is 38.4. The number of carbonyl (C=O) groups excluding carboxylic acids is 2. The minimum atomic E-state index is -0.521. The van der Waals surface area contributed by atoms with Crippen LogP contribution in [0.2, 0.25) is 0 Å². The van der Waals surface area contributed by atoms with Gasteiger partial charge in [0.15, 0.2) is 6.10 Å². The Morgan fingerprint density at radius 1 is 0.321 bits per heavy atom. The lowest BCUT2D eigenvalue weighted by Crippen LogP contribution is -2.30. The molecular weight excluding hydrogens is 693 g/mol. The third-order valence-corrected chi connectivity index (χ3v) is 11.6. The monoisotopic (exact) mass is 793 g/mol. The molecule has 0 rings (SSSR count). The van der Waals surface area contributed by atoms with Crippen molar-refractivity contribution < 1.29 is 23.8 Å². The summed E-state index contributed by atoms with van der Waals surface area (Å²) in [7, 11) is 0. The lowest BCUT2D eigenvalue weighted by Gasteiger charge is -2.18. The minimum absolute atomic E-state index is 0.0972. The highest BCUT2D eigenvalue weighted by Crippen LogP contribution is 2.16. The van der Waals surface area contributed by atoms with Crippen LogP contribution in [0.25, 0.3) is 0 Å². The summed E-state index contributed by atoms with van der Waals surface area (Å²) in [5, 5.41) is 0. The van der Waals surface area contributed by atoms with E-state index in [0.29, 0.717) is 26.1 Å². The van der Waals surface area contributed by atoms with Gasteiger partial charge in [-0.25, -0.2) is 0 Å². The minimum Gasteiger partial charge on any atom is -0.462 e. The standard InChI is InChI=1S/C51H100O5/c1-4-7-10-13-16-19-22-23-24-25-26-27-28-29-31-32-35-38-41-44-50(52)55-48-49(47-54-46-43-40-37-34-21-18-15-12-9-6-3)56-51(53)45-42-39-36-33-30-20-17-14-11-8-5-2/h49H,4-48H2,1-3H3. The van der Waals surface area contributed by atoms with E-state index >= 15 is 0 Å². The summed E-state index contributed by atoms with van der Waals surface area (Å²) in [6, 6.07) is 0. The Labute approximate surface area is 351 Å². The topological polar surface area (TPSA) is 61.8 Å². The molecule has 0 saturated heterocycles. The number of hydrogen-bond donors (Lipinski definition) is 0. The van der Waals surface area contributed by atoms with E-state index in [-0.39, 0.29) is 18.5 Å². The fourth-order valence-corrected chi connectivity index (χ4v) is 7.81. The molecule has 1 unspecified atom stereocenters. The smallest absolute Gasteiger partial charge is 0.306 e. The van der Waals surface area contributed by atoms with Gasteiger partial charge >= 0.3 is 11.9 Å². The zero-order valence-electron chi connectivity index (χ0n) is 38.4. The van der Waals surface area contributed by atoms with Crippen LogP contribution >= 0.6 is 0 Å². The van der Waals surface area contributed by atoms with E-state index in [1.54, 1.807) is 0 Å². The molecule has 0 amide bonds. The third-order valence-electron chi connectivity index (χ3n) is 11.6. The fraction of sp³-hybridized carbons (Fsp3) is 0.961. The fourth-order valence-electron chi connectivity index (χ4n) is 7.81. The molecule has 0 radical (unpaired) electrons. The number of rotatable bonds is 48. The van der Waals surface area contributed by atoms with E-state index in [2.05, 4.69) is 20.8 Å². The van der Waals surface area contributed by atoms with Crippen molar-refractivity contribution in [3.05, 3.63) is 0 Å². The highest BCUT2D eigenvalue weighted by molar-refractivity contribution is 5.70. The Morgan fingerprint density at radius 3 is 0.911 bits per heavy atom. The van der Waals surface area contributed by atoms with Crippen molar-refractivity contribution in [2.45, 2.75) is 297 Å². The van der Waals surface area contributed by atoms with Crippen molar-refractivity contribution in [2.75, 3.05) is 19.8 Å². The molecule has 0 saturated carbocycles. The molecular formula is C51H100O5. The van der Waals surface area contributed by atoms with Gasteiger partial charge < -0.3 is 14.2 Å². The van der Waals surface area contributed by atoms with Crippen molar-refractivity contribution >= 4 is 11.9 Å².